The van der Waals surface area contributed by atoms with E-state index in [2.05, 4.69) is 39.1 Å². The Balaban J connectivity index is 3.37. The van der Waals surface area contributed by atoms with Gasteiger partial charge in [0.1, 0.15) is 0 Å². The Hall–Kier alpha value is -0.900. The molecular formula is C14H24N2O. The smallest absolute Gasteiger partial charge is 0.0856 e. The number of hydrogen-bond donors (Lipinski definition) is 3. The van der Waals surface area contributed by atoms with Gasteiger partial charge in [-0.3, -0.25) is 0 Å². The van der Waals surface area contributed by atoms with E-state index in [4.69, 9.17) is 5.73 Å². The Bertz CT molecular complexity index is 375. The van der Waals surface area contributed by atoms with Gasteiger partial charge in [-0.1, -0.05) is 6.07 Å². The molecule has 1 aromatic carbocycles. The van der Waals surface area contributed by atoms with Gasteiger partial charge in [-0.25, -0.2) is 0 Å². The molecule has 0 aliphatic carbocycles. The van der Waals surface area contributed by atoms with E-state index in [1.165, 1.54) is 27.8 Å². The molecule has 0 heterocycles. The van der Waals surface area contributed by atoms with Crippen molar-refractivity contribution >= 4 is 0 Å². The molecule has 0 radical (unpaired) electrons. The fourth-order valence-electron chi connectivity index (χ4n) is 2.38. The number of nitrogens with two attached hydrogens (primary N) is 1. The van der Waals surface area contributed by atoms with Crippen LogP contribution in [-0.2, 0) is 0 Å². The number of benzene rings is 1. The lowest BCUT2D eigenvalue weighted by Crippen LogP contribution is -2.36. The lowest BCUT2D eigenvalue weighted by atomic mass is 9.87. The standard InChI is InChI=1S/C14H24N2O/c1-8-6-9(2)11(4)13(10(8)3)14(16-5)12(17)7-15/h6,12,14,16-17H,7,15H2,1-5H3. The van der Waals surface area contributed by atoms with Crippen molar-refractivity contribution in [1.82, 2.24) is 5.32 Å². The molecule has 0 aliphatic rings. The largest absolute Gasteiger partial charge is 0.390 e. The minimum atomic E-state index is -0.557. The second-order valence-electron chi connectivity index (χ2n) is 4.74. The fourth-order valence-corrected chi connectivity index (χ4v) is 2.38. The van der Waals surface area contributed by atoms with E-state index in [0.717, 1.165) is 0 Å². The molecule has 3 nitrogen and oxygen atoms in total. The molecule has 4 N–H and O–H groups in total. The van der Waals surface area contributed by atoms with Crippen molar-refractivity contribution in [2.45, 2.75) is 39.8 Å². The molecule has 2 unspecified atom stereocenters. The summed E-state index contributed by atoms with van der Waals surface area (Å²) in [6.45, 7) is 8.67. The van der Waals surface area contributed by atoms with E-state index in [0.29, 0.717) is 0 Å². The van der Waals surface area contributed by atoms with E-state index >= 15 is 0 Å². The van der Waals surface area contributed by atoms with Crippen LogP contribution in [0.5, 0.6) is 0 Å². The number of aryl methyl sites for hydroxylation is 2. The molecule has 0 fully saturated rings. The summed E-state index contributed by atoms with van der Waals surface area (Å²) < 4.78 is 0. The zero-order valence-corrected chi connectivity index (χ0v) is 11.5. The summed E-state index contributed by atoms with van der Waals surface area (Å²) in [7, 11) is 1.86. The zero-order valence-electron chi connectivity index (χ0n) is 11.5. The Labute approximate surface area is 104 Å². The SMILES string of the molecule is CNC(c1c(C)c(C)cc(C)c1C)C(O)CN. The van der Waals surface area contributed by atoms with Gasteiger partial charge < -0.3 is 16.2 Å². The maximum Gasteiger partial charge on any atom is 0.0856 e. The number of aliphatic hydroxyl groups excluding tert-OH is 1. The van der Waals surface area contributed by atoms with Gasteiger partial charge in [0, 0.05) is 6.54 Å². The number of aliphatic hydroxyl groups is 1. The van der Waals surface area contributed by atoms with Crippen molar-refractivity contribution in [2.24, 2.45) is 5.73 Å². The number of likely N-dealkylation sites (N-methyl/N-ethyl adjacent to an activating group) is 1. The maximum atomic E-state index is 10.0. The van der Waals surface area contributed by atoms with Gasteiger partial charge in [0.2, 0.25) is 0 Å². The molecule has 0 spiro atoms. The summed E-state index contributed by atoms with van der Waals surface area (Å²) in [6, 6.07) is 2.09. The third-order valence-electron chi connectivity index (χ3n) is 3.67. The average molecular weight is 236 g/mol. The molecule has 96 valence electrons. The Morgan fingerprint density at radius 2 is 1.65 bits per heavy atom. The van der Waals surface area contributed by atoms with Gasteiger partial charge in [-0.2, -0.15) is 0 Å². The van der Waals surface area contributed by atoms with Crippen molar-refractivity contribution in [3.63, 3.8) is 0 Å². The molecule has 2 atom stereocenters. The normalized spacial score (nSPS) is 14.8. The molecule has 0 aliphatic heterocycles. The van der Waals surface area contributed by atoms with Crippen molar-refractivity contribution in [2.75, 3.05) is 13.6 Å². The third-order valence-corrected chi connectivity index (χ3v) is 3.67. The third kappa shape index (κ3) is 2.68. The van der Waals surface area contributed by atoms with Crippen LogP contribution in [-0.4, -0.2) is 24.8 Å². The number of hydrogen-bond acceptors (Lipinski definition) is 3. The molecule has 1 rings (SSSR count). The van der Waals surface area contributed by atoms with E-state index < -0.39 is 6.10 Å². The Kier molecular flexibility index (Phi) is 4.69. The summed E-state index contributed by atoms with van der Waals surface area (Å²) in [6.07, 6.45) is -0.557. The van der Waals surface area contributed by atoms with Crippen LogP contribution in [0.1, 0.15) is 33.9 Å². The molecule has 1 aromatic rings. The predicted molar refractivity (Wildman–Crippen MR) is 72.3 cm³/mol. The monoisotopic (exact) mass is 236 g/mol. The molecular weight excluding hydrogens is 212 g/mol. The molecule has 0 saturated heterocycles. The maximum absolute atomic E-state index is 10.0. The second kappa shape index (κ2) is 5.63. The molecule has 0 aromatic heterocycles. The minimum Gasteiger partial charge on any atom is -0.390 e. The van der Waals surface area contributed by atoms with Crippen LogP contribution < -0.4 is 11.1 Å². The summed E-state index contributed by atoms with van der Waals surface area (Å²) in [5, 5.41) is 13.2. The van der Waals surface area contributed by atoms with Crippen LogP contribution in [0.15, 0.2) is 6.07 Å². The first-order valence-electron chi connectivity index (χ1n) is 6.06. The van der Waals surface area contributed by atoms with Crippen LogP contribution in [0, 0.1) is 27.7 Å². The Morgan fingerprint density at radius 1 is 1.18 bits per heavy atom. The molecule has 0 bridgehead atoms. The van der Waals surface area contributed by atoms with Gasteiger partial charge in [-0.05, 0) is 62.6 Å². The molecule has 0 saturated carbocycles. The van der Waals surface area contributed by atoms with Crippen molar-refractivity contribution in [1.29, 1.82) is 0 Å². The quantitative estimate of drug-likeness (QED) is 0.742. The summed E-state index contributed by atoms with van der Waals surface area (Å²) in [4.78, 5) is 0. The van der Waals surface area contributed by atoms with Crippen LogP contribution in [0.4, 0.5) is 0 Å². The topological polar surface area (TPSA) is 58.3 Å². The Morgan fingerprint density at radius 3 is 2.00 bits per heavy atom. The first kappa shape index (κ1) is 14.2. The highest BCUT2D eigenvalue weighted by Crippen LogP contribution is 2.28. The van der Waals surface area contributed by atoms with Crippen molar-refractivity contribution in [3.8, 4) is 0 Å². The summed E-state index contributed by atoms with van der Waals surface area (Å²) >= 11 is 0. The first-order chi connectivity index (χ1) is 7.93. The lowest BCUT2D eigenvalue weighted by molar-refractivity contribution is 0.138. The zero-order chi connectivity index (χ0) is 13.2. The van der Waals surface area contributed by atoms with Gasteiger partial charge in [0.25, 0.3) is 0 Å². The summed E-state index contributed by atoms with van der Waals surface area (Å²) in [5.41, 5.74) is 11.7. The number of rotatable bonds is 4. The summed E-state index contributed by atoms with van der Waals surface area (Å²) in [5.74, 6) is 0. The minimum absolute atomic E-state index is 0.0985. The predicted octanol–water partition coefficient (Wildman–Crippen LogP) is 1.50. The van der Waals surface area contributed by atoms with Crippen LogP contribution in [0.25, 0.3) is 0 Å². The highest BCUT2D eigenvalue weighted by atomic mass is 16.3. The molecule has 3 heteroatoms. The lowest BCUT2D eigenvalue weighted by Gasteiger charge is -2.27. The molecule has 17 heavy (non-hydrogen) atoms. The van der Waals surface area contributed by atoms with E-state index in [-0.39, 0.29) is 12.6 Å². The second-order valence-corrected chi connectivity index (χ2v) is 4.74. The first-order valence-corrected chi connectivity index (χ1v) is 6.06. The highest BCUT2D eigenvalue weighted by molar-refractivity contribution is 5.46. The molecule has 0 amide bonds. The van der Waals surface area contributed by atoms with E-state index in [9.17, 15) is 5.11 Å². The van der Waals surface area contributed by atoms with Crippen molar-refractivity contribution in [3.05, 3.63) is 33.9 Å². The number of nitrogens with one attached hydrogen (secondary N) is 1. The average Bonchev–Trinajstić information content (AvgIpc) is 2.31. The van der Waals surface area contributed by atoms with Gasteiger partial charge >= 0.3 is 0 Å². The van der Waals surface area contributed by atoms with E-state index in [1.54, 1.807) is 0 Å². The van der Waals surface area contributed by atoms with Crippen LogP contribution in [0.3, 0.4) is 0 Å². The van der Waals surface area contributed by atoms with Gasteiger partial charge in [0.05, 0.1) is 12.1 Å². The highest BCUT2D eigenvalue weighted by Gasteiger charge is 2.23. The van der Waals surface area contributed by atoms with Crippen LogP contribution >= 0.6 is 0 Å². The fraction of sp³-hybridized carbons (Fsp3) is 0.571. The van der Waals surface area contributed by atoms with Crippen LogP contribution in [0.2, 0.25) is 0 Å². The van der Waals surface area contributed by atoms with Gasteiger partial charge in [0.15, 0.2) is 0 Å². The van der Waals surface area contributed by atoms with Gasteiger partial charge in [-0.15, -0.1) is 0 Å². The van der Waals surface area contributed by atoms with E-state index in [1.807, 2.05) is 7.05 Å². The van der Waals surface area contributed by atoms with Crippen molar-refractivity contribution < 1.29 is 5.11 Å².